The van der Waals surface area contributed by atoms with Crippen LogP contribution in [-0.4, -0.2) is 31.8 Å². The number of carbonyl (C=O) groups excluding carboxylic acids is 2. The third kappa shape index (κ3) is 4.06. The number of carbonyl (C=O) groups is 2. The predicted octanol–water partition coefficient (Wildman–Crippen LogP) is 4.37. The minimum atomic E-state index is -0.443. The summed E-state index contributed by atoms with van der Waals surface area (Å²) in [5.74, 6) is 0.804. The first-order valence-electron chi connectivity index (χ1n) is 11.8. The Hall–Kier alpha value is -3.41. The number of rotatable bonds is 6. The summed E-state index contributed by atoms with van der Waals surface area (Å²) in [6, 6.07) is 17.4. The van der Waals surface area contributed by atoms with Crippen LogP contribution in [0.15, 0.2) is 67.0 Å². The van der Waals surface area contributed by atoms with E-state index in [1.54, 1.807) is 6.20 Å². The highest BCUT2D eigenvalue weighted by molar-refractivity contribution is 5.99. The Labute approximate surface area is 194 Å². The third-order valence-electron chi connectivity index (χ3n) is 7.22. The molecule has 5 rings (SSSR count). The molecule has 2 heterocycles. The van der Waals surface area contributed by atoms with E-state index in [0.717, 1.165) is 54.6 Å². The van der Waals surface area contributed by atoms with Crippen molar-refractivity contribution in [3.63, 3.8) is 0 Å². The zero-order valence-electron chi connectivity index (χ0n) is 19.0. The Balaban J connectivity index is 1.41. The van der Waals surface area contributed by atoms with Crippen molar-refractivity contribution >= 4 is 11.8 Å². The number of hydrogen-bond donors (Lipinski definition) is 1. The quantitative estimate of drug-likeness (QED) is 0.616. The topological polar surface area (TPSA) is 67.2 Å². The highest BCUT2D eigenvalue weighted by Crippen LogP contribution is 2.41. The van der Waals surface area contributed by atoms with Crippen LogP contribution in [-0.2, 0) is 18.4 Å². The van der Waals surface area contributed by atoms with Gasteiger partial charge in [0.05, 0.1) is 5.54 Å². The molecule has 1 aliphatic heterocycles. The number of hydrogen-bond acceptors (Lipinski definition) is 3. The fourth-order valence-electron chi connectivity index (χ4n) is 5.50. The molecule has 0 radical (unpaired) electrons. The smallest absolute Gasteiger partial charge is 0.254 e. The molecule has 170 valence electrons. The standard InChI is InChI=1S/C27H30N4O2/c1-30-17-16-28-25(30)24(20-10-4-2-5-11-20)29-23(32)18-27(14-8-3-9-15-27)31-19-21-12-6-7-13-22(21)26(31)33/h2,4-7,10-13,16-17,24H,3,8-9,14-15,18-19H2,1H3,(H,29,32). The van der Waals surface area contributed by atoms with Crippen LogP contribution >= 0.6 is 0 Å². The van der Waals surface area contributed by atoms with E-state index < -0.39 is 5.54 Å². The molecular formula is C27H30N4O2. The molecule has 1 aliphatic carbocycles. The van der Waals surface area contributed by atoms with Gasteiger partial charge in [-0.2, -0.15) is 0 Å². The Morgan fingerprint density at radius 2 is 1.79 bits per heavy atom. The van der Waals surface area contributed by atoms with Crippen molar-refractivity contribution in [3.05, 3.63) is 89.5 Å². The van der Waals surface area contributed by atoms with E-state index in [2.05, 4.69) is 10.3 Å². The first kappa shape index (κ1) is 21.4. The van der Waals surface area contributed by atoms with Crippen LogP contribution < -0.4 is 5.32 Å². The van der Waals surface area contributed by atoms with E-state index in [-0.39, 0.29) is 17.9 Å². The SMILES string of the molecule is Cn1ccnc1C(NC(=O)CC1(N2Cc3ccccc3C2=O)CCCCC1)c1ccccc1. The summed E-state index contributed by atoms with van der Waals surface area (Å²) in [5.41, 5.74) is 2.38. The summed E-state index contributed by atoms with van der Waals surface area (Å²) in [7, 11) is 1.94. The van der Waals surface area contributed by atoms with Gasteiger partial charge in [-0.1, -0.05) is 67.8 Å². The molecule has 1 unspecified atom stereocenters. The van der Waals surface area contributed by atoms with Crippen LogP contribution in [0, 0.1) is 0 Å². The fraction of sp³-hybridized carbons (Fsp3) is 0.370. The molecule has 2 aromatic carbocycles. The van der Waals surface area contributed by atoms with Crippen molar-refractivity contribution in [2.45, 2.75) is 56.7 Å². The molecule has 1 saturated carbocycles. The highest BCUT2D eigenvalue weighted by Gasteiger charge is 2.45. The molecule has 1 aromatic heterocycles. The Morgan fingerprint density at radius 3 is 2.48 bits per heavy atom. The van der Waals surface area contributed by atoms with Gasteiger partial charge in [-0.3, -0.25) is 9.59 Å². The maximum absolute atomic E-state index is 13.6. The zero-order valence-corrected chi connectivity index (χ0v) is 19.0. The molecule has 1 fully saturated rings. The molecule has 6 heteroatoms. The van der Waals surface area contributed by atoms with Gasteiger partial charge in [0.2, 0.25) is 5.91 Å². The van der Waals surface area contributed by atoms with Gasteiger partial charge in [-0.25, -0.2) is 4.98 Å². The monoisotopic (exact) mass is 442 g/mol. The molecular weight excluding hydrogens is 412 g/mol. The van der Waals surface area contributed by atoms with Gasteiger partial charge in [-0.05, 0) is 30.0 Å². The van der Waals surface area contributed by atoms with E-state index >= 15 is 0 Å². The van der Waals surface area contributed by atoms with Crippen molar-refractivity contribution in [2.24, 2.45) is 7.05 Å². The second-order valence-electron chi connectivity index (χ2n) is 9.32. The lowest BCUT2D eigenvalue weighted by Crippen LogP contribution is -2.53. The number of amides is 2. The molecule has 0 bridgehead atoms. The normalized spacial score (nSPS) is 18.1. The van der Waals surface area contributed by atoms with Crippen LogP contribution in [0.1, 0.15) is 71.9 Å². The summed E-state index contributed by atoms with van der Waals surface area (Å²) < 4.78 is 1.94. The van der Waals surface area contributed by atoms with Gasteiger partial charge in [0.15, 0.2) is 0 Å². The van der Waals surface area contributed by atoms with Crippen LogP contribution in [0.3, 0.4) is 0 Å². The van der Waals surface area contributed by atoms with Gasteiger partial charge < -0.3 is 14.8 Å². The molecule has 2 aliphatic rings. The van der Waals surface area contributed by atoms with Gasteiger partial charge >= 0.3 is 0 Å². The number of aromatic nitrogens is 2. The number of nitrogens with one attached hydrogen (secondary N) is 1. The molecule has 6 nitrogen and oxygen atoms in total. The highest BCUT2D eigenvalue weighted by atomic mass is 16.2. The van der Waals surface area contributed by atoms with Crippen molar-refractivity contribution in [2.75, 3.05) is 0 Å². The number of aryl methyl sites for hydroxylation is 1. The largest absolute Gasteiger partial charge is 0.342 e. The van der Waals surface area contributed by atoms with E-state index in [1.807, 2.05) is 77.3 Å². The third-order valence-corrected chi connectivity index (χ3v) is 7.22. The van der Waals surface area contributed by atoms with Gasteiger partial charge in [0, 0.05) is 38.0 Å². The Morgan fingerprint density at radius 1 is 1.06 bits per heavy atom. The van der Waals surface area contributed by atoms with Gasteiger partial charge in [-0.15, -0.1) is 0 Å². The number of imidazole rings is 1. The molecule has 0 saturated heterocycles. The molecule has 1 N–H and O–H groups in total. The van der Waals surface area contributed by atoms with Crippen LogP contribution in [0.2, 0.25) is 0 Å². The number of nitrogens with zero attached hydrogens (tertiary/aromatic N) is 3. The summed E-state index contributed by atoms with van der Waals surface area (Å²) in [4.78, 5) is 33.4. The van der Waals surface area contributed by atoms with E-state index in [0.29, 0.717) is 13.0 Å². The van der Waals surface area contributed by atoms with Gasteiger partial charge in [0.25, 0.3) is 5.91 Å². The first-order chi connectivity index (χ1) is 16.1. The van der Waals surface area contributed by atoms with E-state index in [9.17, 15) is 9.59 Å². The van der Waals surface area contributed by atoms with Crippen LogP contribution in [0.4, 0.5) is 0 Å². The summed E-state index contributed by atoms with van der Waals surface area (Å²) >= 11 is 0. The molecule has 1 atom stereocenters. The second kappa shape index (κ2) is 8.85. The lowest BCUT2D eigenvalue weighted by Gasteiger charge is -2.44. The van der Waals surface area contributed by atoms with Gasteiger partial charge in [0.1, 0.15) is 11.9 Å². The van der Waals surface area contributed by atoms with Crippen molar-refractivity contribution in [1.29, 1.82) is 0 Å². The number of fused-ring (bicyclic) bond motifs is 1. The van der Waals surface area contributed by atoms with Crippen LogP contribution in [0.5, 0.6) is 0 Å². The fourth-order valence-corrected chi connectivity index (χ4v) is 5.50. The average Bonchev–Trinajstić information content (AvgIpc) is 3.42. The molecule has 2 amide bonds. The van der Waals surface area contributed by atoms with E-state index in [1.165, 1.54) is 0 Å². The second-order valence-corrected chi connectivity index (χ2v) is 9.32. The van der Waals surface area contributed by atoms with Crippen molar-refractivity contribution < 1.29 is 9.59 Å². The van der Waals surface area contributed by atoms with Crippen LogP contribution in [0.25, 0.3) is 0 Å². The van der Waals surface area contributed by atoms with Crippen molar-refractivity contribution in [3.8, 4) is 0 Å². The average molecular weight is 443 g/mol. The van der Waals surface area contributed by atoms with Crippen molar-refractivity contribution in [1.82, 2.24) is 19.8 Å². The molecule has 33 heavy (non-hydrogen) atoms. The lowest BCUT2D eigenvalue weighted by atomic mass is 9.77. The first-order valence-corrected chi connectivity index (χ1v) is 11.8. The summed E-state index contributed by atoms with van der Waals surface area (Å²) in [6.07, 6.45) is 8.89. The Kier molecular flexibility index (Phi) is 5.75. The zero-order chi connectivity index (χ0) is 22.8. The minimum Gasteiger partial charge on any atom is -0.342 e. The molecule has 0 spiro atoms. The minimum absolute atomic E-state index is 0.0440. The summed E-state index contributed by atoms with van der Waals surface area (Å²) in [6.45, 7) is 0.587. The summed E-state index contributed by atoms with van der Waals surface area (Å²) in [5, 5.41) is 3.25. The predicted molar refractivity (Wildman–Crippen MR) is 126 cm³/mol. The number of benzene rings is 2. The lowest BCUT2D eigenvalue weighted by molar-refractivity contribution is -0.125. The van der Waals surface area contributed by atoms with E-state index in [4.69, 9.17) is 0 Å². The molecule has 3 aromatic rings. The maximum Gasteiger partial charge on any atom is 0.254 e. The maximum atomic E-state index is 13.6. The Bertz CT molecular complexity index is 1150.